The van der Waals surface area contributed by atoms with Crippen molar-refractivity contribution < 1.29 is 9.53 Å². The largest absolute Gasteiger partial charge is 0.466 e. The quantitative estimate of drug-likeness (QED) is 0.559. The summed E-state index contributed by atoms with van der Waals surface area (Å²) in [4.78, 5) is 25.4. The van der Waals surface area contributed by atoms with Crippen LogP contribution in [0.4, 0.5) is 11.6 Å². The van der Waals surface area contributed by atoms with Gasteiger partial charge < -0.3 is 10.1 Å². The smallest absolute Gasteiger partial charge is 0.310 e. The lowest BCUT2D eigenvalue weighted by Crippen LogP contribution is -2.08. The molecule has 0 atom stereocenters. The fraction of sp³-hybridized carbons (Fsp3) is 0.273. The van der Waals surface area contributed by atoms with Gasteiger partial charge in [-0.05, 0) is 43.5 Å². The number of carbonyl (C=O) groups is 1. The van der Waals surface area contributed by atoms with Crippen molar-refractivity contribution in [2.24, 2.45) is 0 Å². The Balaban J connectivity index is 1.56. The first-order chi connectivity index (χ1) is 14.1. The maximum atomic E-state index is 11.6. The number of carbonyl (C=O) groups excluding carboxylic acids is 1. The Labute approximate surface area is 174 Å². The number of benzene rings is 1. The SMILES string of the molecule is CCOC(=O)Cc1ccc(Nc2cc(C3CC3)nc(-c3cccc(Cl)c3)n2)nc1. The lowest BCUT2D eigenvalue weighted by atomic mass is 10.2. The minimum Gasteiger partial charge on any atom is -0.466 e. The molecule has 0 aliphatic heterocycles. The van der Waals surface area contributed by atoms with Crippen molar-refractivity contribution in [3.8, 4) is 11.4 Å². The molecular formula is C22H21ClN4O2. The molecule has 7 heteroatoms. The van der Waals surface area contributed by atoms with Crippen molar-refractivity contribution in [2.45, 2.75) is 32.1 Å². The second-order valence-electron chi connectivity index (χ2n) is 6.94. The van der Waals surface area contributed by atoms with Crippen LogP contribution in [0, 0.1) is 0 Å². The van der Waals surface area contributed by atoms with Crippen molar-refractivity contribution >= 4 is 29.2 Å². The Morgan fingerprint density at radius 3 is 2.72 bits per heavy atom. The number of ether oxygens (including phenoxy) is 1. The topological polar surface area (TPSA) is 77.0 Å². The molecule has 0 saturated heterocycles. The highest BCUT2D eigenvalue weighted by Gasteiger charge is 2.26. The van der Waals surface area contributed by atoms with Crippen LogP contribution in [0.15, 0.2) is 48.7 Å². The van der Waals surface area contributed by atoms with Crippen LogP contribution >= 0.6 is 11.6 Å². The number of nitrogens with one attached hydrogen (secondary N) is 1. The van der Waals surface area contributed by atoms with Crippen LogP contribution in [0.5, 0.6) is 0 Å². The monoisotopic (exact) mass is 408 g/mol. The van der Waals surface area contributed by atoms with E-state index >= 15 is 0 Å². The summed E-state index contributed by atoms with van der Waals surface area (Å²) in [6.45, 7) is 2.16. The molecule has 148 valence electrons. The first kappa shape index (κ1) is 19.3. The molecule has 1 aliphatic rings. The van der Waals surface area contributed by atoms with E-state index in [2.05, 4.69) is 15.3 Å². The van der Waals surface area contributed by atoms with E-state index in [-0.39, 0.29) is 12.4 Å². The molecule has 0 amide bonds. The van der Waals surface area contributed by atoms with Gasteiger partial charge in [0.15, 0.2) is 5.82 Å². The number of hydrogen-bond acceptors (Lipinski definition) is 6. The van der Waals surface area contributed by atoms with Crippen molar-refractivity contribution in [3.05, 3.63) is 64.9 Å². The van der Waals surface area contributed by atoms with Crippen LogP contribution in [0.25, 0.3) is 11.4 Å². The number of aromatic nitrogens is 3. The van der Waals surface area contributed by atoms with E-state index < -0.39 is 0 Å². The van der Waals surface area contributed by atoms with Crippen molar-refractivity contribution in [1.82, 2.24) is 15.0 Å². The Kier molecular flexibility index (Phi) is 5.71. The van der Waals surface area contributed by atoms with Gasteiger partial charge in [-0.2, -0.15) is 0 Å². The van der Waals surface area contributed by atoms with Gasteiger partial charge in [0, 0.05) is 34.5 Å². The van der Waals surface area contributed by atoms with Gasteiger partial charge >= 0.3 is 5.97 Å². The molecule has 0 spiro atoms. The van der Waals surface area contributed by atoms with E-state index in [4.69, 9.17) is 21.3 Å². The third kappa shape index (κ3) is 5.09. The third-order valence-corrected chi connectivity index (χ3v) is 4.79. The summed E-state index contributed by atoms with van der Waals surface area (Å²) in [5, 5.41) is 3.90. The van der Waals surface area contributed by atoms with Crippen LogP contribution in [0.1, 0.15) is 36.9 Å². The summed E-state index contributed by atoms with van der Waals surface area (Å²) in [5.74, 6) is 2.19. The van der Waals surface area contributed by atoms with E-state index in [1.165, 1.54) is 0 Å². The molecule has 29 heavy (non-hydrogen) atoms. The molecule has 0 radical (unpaired) electrons. The van der Waals surface area contributed by atoms with Gasteiger partial charge in [0.25, 0.3) is 0 Å². The van der Waals surface area contributed by atoms with Gasteiger partial charge in [0.1, 0.15) is 11.6 Å². The third-order valence-electron chi connectivity index (χ3n) is 4.56. The van der Waals surface area contributed by atoms with Crippen LogP contribution in [-0.2, 0) is 16.0 Å². The highest BCUT2D eigenvalue weighted by Crippen LogP contribution is 2.40. The molecule has 2 aromatic heterocycles. The molecule has 3 aromatic rings. The first-order valence-corrected chi connectivity index (χ1v) is 10.0. The number of halogens is 1. The summed E-state index contributed by atoms with van der Waals surface area (Å²) in [6.07, 6.45) is 4.16. The number of esters is 1. The second-order valence-corrected chi connectivity index (χ2v) is 7.38. The molecule has 1 fully saturated rings. The molecular weight excluding hydrogens is 388 g/mol. The van der Waals surface area contributed by atoms with Crippen molar-refractivity contribution in [2.75, 3.05) is 11.9 Å². The second kappa shape index (κ2) is 8.57. The molecule has 0 unspecified atom stereocenters. The zero-order valence-electron chi connectivity index (χ0n) is 16.1. The van der Waals surface area contributed by atoms with Gasteiger partial charge in [0.05, 0.1) is 13.0 Å². The maximum absolute atomic E-state index is 11.6. The van der Waals surface area contributed by atoms with Gasteiger partial charge in [-0.1, -0.05) is 29.8 Å². The highest BCUT2D eigenvalue weighted by atomic mass is 35.5. The summed E-state index contributed by atoms with van der Waals surface area (Å²) in [5.41, 5.74) is 2.70. The predicted octanol–water partition coefficient (Wildman–Crippen LogP) is 4.92. The van der Waals surface area contributed by atoms with Gasteiger partial charge in [-0.25, -0.2) is 15.0 Å². The molecule has 1 saturated carbocycles. The minimum atomic E-state index is -0.258. The standard InChI is InChI=1S/C22H21ClN4O2/c1-2-29-21(28)10-14-6-9-19(24-13-14)26-20-12-18(15-7-8-15)25-22(27-20)16-4-3-5-17(23)11-16/h3-6,9,11-13,15H,2,7-8,10H2,1H3,(H,24,25,26,27). The van der Waals surface area contributed by atoms with Crippen molar-refractivity contribution in [3.63, 3.8) is 0 Å². The number of nitrogens with zero attached hydrogens (tertiary/aromatic N) is 3. The number of hydrogen-bond donors (Lipinski definition) is 1. The van der Waals surface area contributed by atoms with E-state index in [1.807, 2.05) is 42.5 Å². The Morgan fingerprint density at radius 1 is 1.17 bits per heavy atom. The molecule has 0 bridgehead atoms. The summed E-state index contributed by atoms with van der Waals surface area (Å²) >= 11 is 6.14. The fourth-order valence-electron chi connectivity index (χ4n) is 2.99. The zero-order valence-corrected chi connectivity index (χ0v) is 16.8. The molecule has 4 rings (SSSR count). The molecule has 2 heterocycles. The summed E-state index contributed by atoms with van der Waals surface area (Å²) < 4.78 is 4.97. The number of rotatable bonds is 7. The average molecular weight is 409 g/mol. The van der Waals surface area contributed by atoms with E-state index in [0.717, 1.165) is 29.7 Å². The average Bonchev–Trinajstić information content (AvgIpc) is 3.55. The first-order valence-electron chi connectivity index (χ1n) is 9.63. The van der Waals surface area contributed by atoms with E-state index in [0.29, 0.717) is 35.0 Å². The van der Waals surface area contributed by atoms with Gasteiger partial charge in [0.2, 0.25) is 0 Å². The van der Waals surface area contributed by atoms with Crippen LogP contribution < -0.4 is 5.32 Å². The Bertz CT molecular complexity index is 1020. The maximum Gasteiger partial charge on any atom is 0.310 e. The zero-order chi connectivity index (χ0) is 20.2. The van der Waals surface area contributed by atoms with Crippen molar-refractivity contribution in [1.29, 1.82) is 0 Å². The normalized spacial score (nSPS) is 13.2. The molecule has 1 N–H and O–H groups in total. The van der Waals surface area contributed by atoms with Gasteiger partial charge in [-0.3, -0.25) is 4.79 Å². The minimum absolute atomic E-state index is 0.208. The van der Waals surface area contributed by atoms with E-state index in [9.17, 15) is 4.79 Å². The highest BCUT2D eigenvalue weighted by molar-refractivity contribution is 6.30. The Morgan fingerprint density at radius 2 is 2.03 bits per heavy atom. The molecule has 1 aromatic carbocycles. The lowest BCUT2D eigenvalue weighted by molar-refractivity contribution is -0.142. The molecule has 1 aliphatic carbocycles. The van der Waals surface area contributed by atoms with Crippen LogP contribution in [-0.4, -0.2) is 27.5 Å². The lowest BCUT2D eigenvalue weighted by Gasteiger charge is -2.10. The summed E-state index contributed by atoms with van der Waals surface area (Å²) in [6, 6.07) is 13.2. The molecule has 6 nitrogen and oxygen atoms in total. The fourth-order valence-corrected chi connectivity index (χ4v) is 3.18. The van der Waals surface area contributed by atoms with Gasteiger partial charge in [-0.15, -0.1) is 0 Å². The number of anilines is 2. The van der Waals surface area contributed by atoms with Crippen LogP contribution in [0.2, 0.25) is 5.02 Å². The van der Waals surface area contributed by atoms with E-state index in [1.54, 1.807) is 13.1 Å². The number of pyridine rings is 1. The van der Waals surface area contributed by atoms with Crippen LogP contribution in [0.3, 0.4) is 0 Å². The Hall–Kier alpha value is -2.99. The predicted molar refractivity (Wildman–Crippen MR) is 112 cm³/mol. The summed E-state index contributed by atoms with van der Waals surface area (Å²) in [7, 11) is 0.